The maximum absolute atomic E-state index is 9.99. The molecule has 1 saturated heterocycles. The van der Waals surface area contributed by atoms with E-state index in [0.29, 0.717) is 0 Å². The Bertz CT molecular complexity index is 233. The predicted octanol–water partition coefficient (Wildman–Crippen LogP) is -1.09. The third-order valence-electron chi connectivity index (χ3n) is 3.25. The topological polar surface area (TPSA) is 93.4 Å². The van der Waals surface area contributed by atoms with Crippen molar-refractivity contribution >= 4 is 0 Å². The van der Waals surface area contributed by atoms with Crippen LogP contribution in [0.1, 0.15) is 26.7 Å². The third kappa shape index (κ3) is 3.40. The minimum absolute atomic E-state index is 0.381. The van der Waals surface area contributed by atoms with Crippen LogP contribution >= 0.6 is 0 Å². The molecule has 0 bridgehead atoms. The lowest BCUT2D eigenvalue weighted by Gasteiger charge is -2.44. The molecule has 6 heteroatoms. The van der Waals surface area contributed by atoms with Crippen LogP contribution in [0.3, 0.4) is 0 Å². The van der Waals surface area contributed by atoms with Crippen LogP contribution in [0.25, 0.3) is 0 Å². The van der Waals surface area contributed by atoms with E-state index in [0.717, 1.165) is 25.9 Å². The predicted molar refractivity (Wildman–Crippen MR) is 65.9 cm³/mol. The van der Waals surface area contributed by atoms with Crippen molar-refractivity contribution in [3.05, 3.63) is 0 Å². The van der Waals surface area contributed by atoms with Crippen LogP contribution in [0.15, 0.2) is 0 Å². The minimum Gasteiger partial charge on any atom is -0.394 e. The van der Waals surface area contributed by atoms with Gasteiger partial charge in [-0.25, -0.2) is 0 Å². The molecule has 0 aliphatic carbocycles. The van der Waals surface area contributed by atoms with Crippen LogP contribution in [0.2, 0.25) is 0 Å². The Morgan fingerprint density at radius 1 is 0.944 bits per heavy atom. The molecule has 1 rings (SSSR count). The average molecular weight is 263 g/mol. The molecule has 18 heavy (non-hydrogen) atoms. The molecule has 0 aromatic heterocycles. The molecule has 4 N–H and O–H groups in total. The summed E-state index contributed by atoms with van der Waals surface area (Å²) in [6, 6.07) is 0. The summed E-state index contributed by atoms with van der Waals surface area (Å²) in [6.07, 6.45) is -3.46. The molecule has 0 aromatic rings. The SMILES string of the molecule is CCCN(CCC)C1O[C@H](CO)[C@@H](O)[C@H](O)[C@@H]1O. The highest BCUT2D eigenvalue weighted by molar-refractivity contribution is 4.91. The van der Waals surface area contributed by atoms with Crippen LogP contribution in [-0.4, -0.2) is 75.7 Å². The van der Waals surface area contributed by atoms with Gasteiger partial charge in [0.2, 0.25) is 0 Å². The van der Waals surface area contributed by atoms with Crippen LogP contribution in [0.5, 0.6) is 0 Å². The van der Waals surface area contributed by atoms with Gasteiger partial charge in [0.25, 0.3) is 0 Å². The molecule has 1 unspecified atom stereocenters. The lowest BCUT2D eigenvalue weighted by atomic mass is 9.97. The highest BCUT2D eigenvalue weighted by atomic mass is 16.6. The fourth-order valence-electron chi connectivity index (χ4n) is 2.32. The van der Waals surface area contributed by atoms with Gasteiger partial charge < -0.3 is 25.2 Å². The van der Waals surface area contributed by atoms with Crippen molar-refractivity contribution in [1.82, 2.24) is 4.90 Å². The molecule has 1 fully saturated rings. The number of ether oxygens (including phenoxy) is 1. The van der Waals surface area contributed by atoms with Crippen molar-refractivity contribution in [2.24, 2.45) is 0 Å². The number of nitrogens with zero attached hydrogens (tertiary/aromatic N) is 1. The van der Waals surface area contributed by atoms with Gasteiger partial charge in [-0.15, -0.1) is 0 Å². The van der Waals surface area contributed by atoms with Crippen LogP contribution < -0.4 is 0 Å². The van der Waals surface area contributed by atoms with E-state index >= 15 is 0 Å². The number of aliphatic hydroxyl groups is 4. The Labute approximate surface area is 108 Å². The zero-order chi connectivity index (χ0) is 13.7. The monoisotopic (exact) mass is 263 g/mol. The van der Waals surface area contributed by atoms with E-state index in [-0.39, 0.29) is 6.61 Å². The fraction of sp³-hybridized carbons (Fsp3) is 1.00. The zero-order valence-corrected chi connectivity index (χ0v) is 11.1. The highest BCUT2D eigenvalue weighted by Gasteiger charge is 2.45. The first-order valence-electron chi connectivity index (χ1n) is 6.61. The first-order valence-corrected chi connectivity index (χ1v) is 6.61. The smallest absolute Gasteiger partial charge is 0.140 e. The van der Waals surface area contributed by atoms with E-state index in [2.05, 4.69) is 0 Å². The molecule has 0 aromatic carbocycles. The van der Waals surface area contributed by atoms with Crippen molar-refractivity contribution in [3.8, 4) is 0 Å². The summed E-state index contributed by atoms with van der Waals surface area (Å²) < 4.78 is 5.51. The Hall–Kier alpha value is -0.240. The molecule has 5 atom stereocenters. The number of hydrogen-bond donors (Lipinski definition) is 4. The maximum atomic E-state index is 9.99. The van der Waals surface area contributed by atoms with Gasteiger partial charge in [0.15, 0.2) is 0 Å². The van der Waals surface area contributed by atoms with Gasteiger partial charge >= 0.3 is 0 Å². The van der Waals surface area contributed by atoms with E-state index in [1.807, 2.05) is 18.7 Å². The lowest BCUT2D eigenvalue weighted by Crippen LogP contribution is -2.63. The van der Waals surface area contributed by atoms with Crippen molar-refractivity contribution < 1.29 is 25.2 Å². The number of rotatable bonds is 6. The van der Waals surface area contributed by atoms with Gasteiger partial charge in [-0.2, -0.15) is 0 Å². The summed E-state index contributed by atoms with van der Waals surface area (Å²) >= 11 is 0. The second-order valence-corrected chi connectivity index (χ2v) is 4.76. The Morgan fingerprint density at radius 3 is 1.94 bits per heavy atom. The van der Waals surface area contributed by atoms with Gasteiger partial charge in [0, 0.05) is 13.1 Å². The summed E-state index contributed by atoms with van der Waals surface area (Å²) in [6.45, 7) is 5.12. The number of aliphatic hydroxyl groups excluding tert-OH is 4. The van der Waals surface area contributed by atoms with Crippen LogP contribution in [0, 0.1) is 0 Å². The quantitative estimate of drug-likeness (QED) is 0.486. The standard InChI is InChI=1S/C12H25NO5/c1-3-5-13(6-4-2)12-11(17)10(16)9(15)8(7-14)18-12/h8-12,14-17H,3-7H2,1-2H3/t8-,9-,10+,11+,12?/m1/s1. The Morgan fingerprint density at radius 2 is 1.50 bits per heavy atom. The van der Waals surface area contributed by atoms with Crippen molar-refractivity contribution in [3.63, 3.8) is 0 Å². The second-order valence-electron chi connectivity index (χ2n) is 4.76. The van der Waals surface area contributed by atoms with E-state index in [9.17, 15) is 15.3 Å². The summed E-state index contributed by atoms with van der Waals surface area (Å²) in [5.41, 5.74) is 0. The molecule has 1 heterocycles. The zero-order valence-electron chi connectivity index (χ0n) is 11.1. The van der Waals surface area contributed by atoms with Gasteiger partial charge in [-0.1, -0.05) is 13.8 Å². The first-order chi connectivity index (χ1) is 8.56. The van der Waals surface area contributed by atoms with Gasteiger partial charge in [0.1, 0.15) is 30.6 Å². The number of hydrogen-bond acceptors (Lipinski definition) is 6. The molecule has 6 nitrogen and oxygen atoms in total. The molecular weight excluding hydrogens is 238 g/mol. The fourth-order valence-corrected chi connectivity index (χ4v) is 2.32. The van der Waals surface area contributed by atoms with Gasteiger partial charge in [0.05, 0.1) is 6.61 Å². The largest absolute Gasteiger partial charge is 0.394 e. The van der Waals surface area contributed by atoms with E-state index in [1.54, 1.807) is 0 Å². The highest BCUT2D eigenvalue weighted by Crippen LogP contribution is 2.23. The third-order valence-corrected chi connectivity index (χ3v) is 3.25. The first kappa shape index (κ1) is 15.8. The molecule has 1 aliphatic rings. The molecule has 0 spiro atoms. The van der Waals surface area contributed by atoms with Crippen molar-refractivity contribution in [2.45, 2.75) is 57.3 Å². The normalized spacial score (nSPS) is 37.2. The summed E-state index contributed by atoms with van der Waals surface area (Å²) in [5, 5.41) is 38.6. The molecular formula is C12H25NO5. The van der Waals surface area contributed by atoms with E-state index < -0.39 is 30.6 Å². The Balaban J connectivity index is 2.77. The van der Waals surface area contributed by atoms with Gasteiger partial charge in [-0.3, -0.25) is 4.90 Å². The molecule has 0 amide bonds. The summed E-state index contributed by atoms with van der Waals surface area (Å²) in [7, 11) is 0. The van der Waals surface area contributed by atoms with E-state index in [1.165, 1.54) is 0 Å². The second kappa shape index (κ2) is 7.37. The van der Waals surface area contributed by atoms with Crippen LogP contribution in [0.4, 0.5) is 0 Å². The maximum Gasteiger partial charge on any atom is 0.140 e. The summed E-state index contributed by atoms with van der Waals surface area (Å²) in [5.74, 6) is 0. The van der Waals surface area contributed by atoms with Crippen molar-refractivity contribution in [2.75, 3.05) is 19.7 Å². The van der Waals surface area contributed by atoms with E-state index in [4.69, 9.17) is 9.84 Å². The average Bonchev–Trinajstić information content (AvgIpc) is 2.36. The summed E-state index contributed by atoms with van der Waals surface area (Å²) in [4.78, 5) is 1.93. The molecule has 1 aliphatic heterocycles. The van der Waals surface area contributed by atoms with Gasteiger partial charge in [-0.05, 0) is 12.8 Å². The molecule has 0 radical (unpaired) electrons. The minimum atomic E-state index is -1.29. The molecule has 0 saturated carbocycles. The van der Waals surface area contributed by atoms with Crippen molar-refractivity contribution in [1.29, 1.82) is 0 Å². The molecule has 108 valence electrons. The lowest BCUT2D eigenvalue weighted by molar-refractivity contribution is -0.265. The van der Waals surface area contributed by atoms with Crippen LogP contribution in [-0.2, 0) is 4.74 Å². The Kier molecular flexibility index (Phi) is 6.48.